The number of hydrogen-bond acceptors (Lipinski definition) is 1. The van der Waals surface area contributed by atoms with Crippen LogP contribution in [0.3, 0.4) is 0 Å². The number of hydrogen-bond donors (Lipinski definition) is 0. The summed E-state index contributed by atoms with van der Waals surface area (Å²) < 4.78 is 0. The van der Waals surface area contributed by atoms with E-state index in [1.54, 1.807) is 0 Å². The van der Waals surface area contributed by atoms with Crippen molar-refractivity contribution >= 4 is 5.78 Å². The molecule has 4 aliphatic rings. The Kier molecular flexibility index (Phi) is 5.71. The van der Waals surface area contributed by atoms with Crippen LogP contribution in [0.4, 0.5) is 0 Å². The van der Waals surface area contributed by atoms with E-state index in [0.717, 1.165) is 31.1 Å². The van der Waals surface area contributed by atoms with Gasteiger partial charge in [-0.1, -0.05) is 64.8 Å². The third kappa shape index (κ3) is 3.26. The summed E-state index contributed by atoms with van der Waals surface area (Å²) in [6, 6.07) is 0. The summed E-state index contributed by atoms with van der Waals surface area (Å²) in [6.07, 6.45) is 16.2. The Morgan fingerprint density at radius 2 is 1.81 bits per heavy atom. The van der Waals surface area contributed by atoms with Gasteiger partial charge in [-0.3, -0.25) is 4.79 Å². The Labute approximate surface area is 192 Å². The van der Waals surface area contributed by atoms with Crippen molar-refractivity contribution in [3.63, 3.8) is 0 Å². The Balaban J connectivity index is 1.63. The molecule has 0 aromatic carbocycles. The van der Waals surface area contributed by atoms with Crippen molar-refractivity contribution in [2.75, 3.05) is 0 Å². The van der Waals surface area contributed by atoms with Gasteiger partial charge in [0.2, 0.25) is 0 Å². The molecule has 1 heteroatoms. The monoisotopic (exact) mass is 424 g/mol. The zero-order valence-electron chi connectivity index (χ0n) is 21.7. The van der Waals surface area contributed by atoms with Gasteiger partial charge in [-0.05, 0) is 105 Å². The van der Waals surface area contributed by atoms with E-state index >= 15 is 0 Å². The van der Waals surface area contributed by atoms with Gasteiger partial charge in [-0.15, -0.1) is 0 Å². The number of fused-ring (bicyclic) bond motifs is 5. The van der Waals surface area contributed by atoms with E-state index in [1.807, 2.05) is 5.57 Å². The number of carbonyl (C=O) groups excluding carboxylic acids is 1. The molecule has 0 unspecified atom stereocenters. The molecular weight excluding hydrogens is 376 g/mol. The van der Waals surface area contributed by atoms with Gasteiger partial charge in [0.15, 0.2) is 0 Å². The smallest absolute Gasteiger partial charge is 0.138 e. The predicted molar refractivity (Wildman–Crippen MR) is 132 cm³/mol. The second kappa shape index (κ2) is 7.59. The number of carbonyl (C=O) groups is 1. The van der Waals surface area contributed by atoms with Crippen LogP contribution < -0.4 is 0 Å². The van der Waals surface area contributed by atoms with Crippen LogP contribution in [-0.4, -0.2) is 5.78 Å². The SMILES string of the molecule is CC(C)=CCC[C@H](C)[C@@H]1CC[C@]2(C)C3=CC[C@H]4C(C)(C)C(=O)CC[C@]4(C)[C@H]3CC[C@@]12C. The number of allylic oxidation sites excluding steroid dienone is 4. The number of Topliss-reactive ketones (excluding diaryl/α,β-unsaturated/α-hetero) is 1. The molecule has 0 heterocycles. The third-order valence-electron chi connectivity index (χ3n) is 11.5. The first kappa shape index (κ1) is 23.3. The molecule has 4 rings (SSSR count). The van der Waals surface area contributed by atoms with E-state index in [0.29, 0.717) is 33.9 Å². The van der Waals surface area contributed by atoms with Gasteiger partial charge in [0.05, 0.1) is 0 Å². The molecule has 1 nitrogen and oxygen atoms in total. The van der Waals surface area contributed by atoms with Gasteiger partial charge < -0.3 is 0 Å². The predicted octanol–water partition coefficient (Wildman–Crippen LogP) is 8.54. The lowest BCUT2D eigenvalue weighted by Gasteiger charge is -2.63. The first-order chi connectivity index (χ1) is 14.4. The summed E-state index contributed by atoms with van der Waals surface area (Å²) in [6.45, 7) is 19.3. The van der Waals surface area contributed by atoms with Crippen LogP contribution in [0.25, 0.3) is 0 Å². The zero-order valence-corrected chi connectivity index (χ0v) is 21.7. The third-order valence-corrected chi connectivity index (χ3v) is 11.5. The lowest BCUT2D eigenvalue weighted by atomic mass is 9.41. The van der Waals surface area contributed by atoms with Crippen molar-refractivity contribution in [1.82, 2.24) is 0 Å². The molecule has 0 aromatic rings. The van der Waals surface area contributed by atoms with Crippen molar-refractivity contribution in [3.05, 3.63) is 23.3 Å². The zero-order chi connectivity index (χ0) is 22.8. The van der Waals surface area contributed by atoms with E-state index in [1.165, 1.54) is 44.1 Å². The van der Waals surface area contributed by atoms with Gasteiger partial charge in [-0.25, -0.2) is 0 Å². The van der Waals surface area contributed by atoms with Crippen LogP contribution in [-0.2, 0) is 4.79 Å². The fraction of sp³-hybridized carbons (Fsp3) is 0.833. The summed E-state index contributed by atoms with van der Waals surface area (Å²) in [7, 11) is 0. The van der Waals surface area contributed by atoms with Crippen molar-refractivity contribution in [2.45, 2.75) is 113 Å². The molecule has 31 heavy (non-hydrogen) atoms. The van der Waals surface area contributed by atoms with Gasteiger partial charge >= 0.3 is 0 Å². The summed E-state index contributed by atoms with van der Waals surface area (Å²) in [5.41, 5.74) is 4.20. The quantitative estimate of drug-likeness (QED) is 0.413. The normalized spacial score (nSPS) is 44.6. The molecule has 0 aliphatic heterocycles. The topological polar surface area (TPSA) is 17.1 Å². The van der Waals surface area contributed by atoms with Gasteiger partial charge in [0.1, 0.15) is 5.78 Å². The van der Waals surface area contributed by atoms with Crippen LogP contribution >= 0.6 is 0 Å². The molecule has 7 atom stereocenters. The maximum absolute atomic E-state index is 12.8. The first-order valence-electron chi connectivity index (χ1n) is 13.2. The van der Waals surface area contributed by atoms with Crippen LogP contribution in [0, 0.1) is 45.3 Å². The van der Waals surface area contributed by atoms with Crippen molar-refractivity contribution < 1.29 is 4.79 Å². The molecule has 0 N–H and O–H groups in total. The van der Waals surface area contributed by atoms with E-state index < -0.39 is 0 Å². The Bertz CT molecular complexity index is 795. The van der Waals surface area contributed by atoms with Crippen LogP contribution in [0.2, 0.25) is 0 Å². The summed E-state index contributed by atoms with van der Waals surface area (Å²) in [5, 5.41) is 0. The van der Waals surface area contributed by atoms with E-state index in [4.69, 9.17) is 0 Å². The average Bonchev–Trinajstić information content (AvgIpc) is 2.96. The minimum absolute atomic E-state index is 0.158. The lowest BCUT2D eigenvalue weighted by molar-refractivity contribution is -0.146. The van der Waals surface area contributed by atoms with Crippen molar-refractivity contribution in [1.29, 1.82) is 0 Å². The highest BCUT2D eigenvalue weighted by atomic mass is 16.1. The molecular formula is C30H48O. The standard InChI is InChI=1S/C30H48O/c1-20(2)10-9-11-21(3)22-14-18-30(8)24-12-13-25-27(4,5)26(31)16-17-28(25,6)23(24)15-19-29(22,30)7/h10,12,21-23,25H,9,11,13-19H2,1-8H3/t21-,22-,23-,25-,28+,29-,30+/m0/s1. The first-order valence-corrected chi connectivity index (χ1v) is 13.2. The molecule has 0 bridgehead atoms. The minimum atomic E-state index is -0.158. The molecule has 0 amide bonds. The highest BCUT2D eigenvalue weighted by Crippen LogP contribution is 2.73. The van der Waals surface area contributed by atoms with Gasteiger partial charge in [-0.2, -0.15) is 0 Å². The second-order valence-corrected chi connectivity index (χ2v) is 13.4. The highest BCUT2D eigenvalue weighted by molar-refractivity contribution is 5.85. The van der Waals surface area contributed by atoms with E-state index in [-0.39, 0.29) is 5.41 Å². The van der Waals surface area contributed by atoms with E-state index in [2.05, 4.69) is 67.5 Å². The molecule has 3 fully saturated rings. The summed E-state index contributed by atoms with van der Waals surface area (Å²) >= 11 is 0. The Morgan fingerprint density at radius 3 is 2.48 bits per heavy atom. The number of ketones is 1. The Hall–Kier alpha value is -0.850. The van der Waals surface area contributed by atoms with Crippen molar-refractivity contribution in [2.24, 2.45) is 45.3 Å². The van der Waals surface area contributed by atoms with Crippen LogP contribution in [0.15, 0.2) is 23.3 Å². The highest BCUT2D eigenvalue weighted by Gasteiger charge is 2.65. The fourth-order valence-electron chi connectivity index (χ4n) is 9.30. The largest absolute Gasteiger partial charge is 0.299 e. The minimum Gasteiger partial charge on any atom is -0.299 e. The second-order valence-electron chi connectivity index (χ2n) is 13.4. The Morgan fingerprint density at radius 1 is 1.10 bits per heavy atom. The molecule has 4 aliphatic carbocycles. The summed E-state index contributed by atoms with van der Waals surface area (Å²) in [5.74, 6) is 3.36. The van der Waals surface area contributed by atoms with Crippen LogP contribution in [0.5, 0.6) is 0 Å². The lowest BCUT2D eigenvalue weighted by Crippen LogP contribution is -2.57. The average molecular weight is 425 g/mol. The van der Waals surface area contributed by atoms with Gasteiger partial charge in [0.25, 0.3) is 0 Å². The van der Waals surface area contributed by atoms with Crippen LogP contribution in [0.1, 0.15) is 113 Å². The molecule has 3 saturated carbocycles. The molecule has 0 aromatic heterocycles. The summed E-state index contributed by atoms with van der Waals surface area (Å²) in [4.78, 5) is 12.8. The maximum Gasteiger partial charge on any atom is 0.138 e. The fourth-order valence-corrected chi connectivity index (χ4v) is 9.30. The van der Waals surface area contributed by atoms with Gasteiger partial charge in [0, 0.05) is 11.8 Å². The molecule has 0 radical (unpaired) electrons. The molecule has 174 valence electrons. The maximum atomic E-state index is 12.8. The van der Waals surface area contributed by atoms with Crippen molar-refractivity contribution in [3.8, 4) is 0 Å². The van der Waals surface area contributed by atoms with E-state index in [9.17, 15) is 4.79 Å². The number of rotatable bonds is 4. The molecule has 0 saturated heterocycles. The molecule has 0 spiro atoms.